The summed E-state index contributed by atoms with van der Waals surface area (Å²) in [5.41, 5.74) is 2.21. The maximum absolute atomic E-state index is 13.9. The summed E-state index contributed by atoms with van der Waals surface area (Å²) in [4.78, 5) is 12.8. The molecule has 0 aliphatic carbocycles. The summed E-state index contributed by atoms with van der Waals surface area (Å²) in [5, 5.41) is 2.82. The molecule has 1 heterocycles. The van der Waals surface area contributed by atoms with E-state index in [0.29, 0.717) is 29.4 Å². The Balaban J connectivity index is 1.56. The lowest BCUT2D eigenvalue weighted by molar-refractivity contribution is 0.102. The molecule has 1 aliphatic rings. The fourth-order valence-corrected chi connectivity index (χ4v) is 4.75. The highest BCUT2D eigenvalue weighted by atomic mass is 32.2. The Labute approximate surface area is 198 Å². The maximum Gasteiger partial charge on any atom is 0.261 e. The van der Waals surface area contributed by atoms with E-state index < -0.39 is 21.7 Å². The second kappa shape index (κ2) is 9.34. The number of rotatable bonds is 7. The molecule has 178 valence electrons. The number of fused-ring (bicyclic) bond motifs is 1. The van der Waals surface area contributed by atoms with E-state index in [2.05, 4.69) is 10.0 Å². The number of halogens is 1. The monoisotopic (exact) mass is 484 g/mol. The minimum absolute atomic E-state index is 0.0436. The van der Waals surface area contributed by atoms with Crippen LogP contribution in [0.3, 0.4) is 0 Å². The van der Waals surface area contributed by atoms with Crippen LogP contribution < -0.4 is 19.5 Å². The molecule has 0 spiro atoms. The number of aryl methyl sites for hydroxylation is 1. The van der Waals surface area contributed by atoms with Crippen LogP contribution in [0.25, 0.3) is 0 Å². The third kappa shape index (κ3) is 4.99. The molecule has 2 N–H and O–H groups in total. The van der Waals surface area contributed by atoms with Crippen molar-refractivity contribution in [3.63, 3.8) is 0 Å². The van der Waals surface area contributed by atoms with Gasteiger partial charge in [-0.2, -0.15) is 0 Å². The first-order valence-electron chi connectivity index (χ1n) is 10.8. The smallest absolute Gasteiger partial charge is 0.261 e. The maximum atomic E-state index is 13.9. The minimum Gasteiger partial charge on any atom is -0.492 e. The van der Waals surface area contributed by atoms with Crippen LogP contribution in [0.5, 0.6) is 11.5 Å². The molecule has 0 aromatic heterocycles. The van der Waals surface area contributed by atoms with E-state index in [1.165, 1.54) is 24.3 Å². The van der Waals surface area contributed by atoms with Crippen molar-refractivity contribution >= 4 is 27.3 Å². The van der Waals surface area contributed by atoms with Crippen molar-refractivity contribution in [3.05, 3.63) is 77.1 Å². The van der Waals surface area contributed by atoms with Crippen LogP contribution in [-0.4, -0.2) is 27.0 Å². The summed E-state index contributed by atoms with van der Waals surface area (Å²) in [7, 11) is -4.04. The number of nitrogens with one attached hydrogen (secondary N) is 2. The molecule has 1 amide bonds. The lowest BCUT2D eigenvalue weighted by Gasteiger charge is -2.14. The Morgan fingerprint density at radius 3 is 2.71 bits per heavy atom. The van der Waals surface area contributed by atoms with Crippen molar-refractivity contribution in [2.24, 2.45) is 0 Å². The highest BCUT2D eigenvalue weighted by molar-refractivity contribution is 7.92. The number of sulfonamides is 1. The van der Waals surface area contributed by atoms with Gasteiger partial charge in [-0.25, -0.2) is 12.8 Å². The number of carbonyl (C=O) groups excluding carboxylic acids is 1. The second-order valence-corrected chi connectivity index (χ2v) is 9.76. The van der Waals surface area contributed by atoms with Gasteiger partial charge in [0, 0.05) is 29.3 Å². The standard InChI is InChI=1S/C25H25FN2O5S/c1-4-32-24-12-18-10-16(3)33-23(18)14-22(24)27-25(29)17-6-5-7-19(11-17)28-34(30,31)20-9-8-15(2)21(26)13-20/h5-9,11-14,16,28H,4,10H2,1-3H3,(H,27,29). The molecule has 7 nitrogen and oxygen atoms in total. The first-order valence-corrected chi connectivity index (χ1v) is 12.3. The van der Waals surface area contributed by atoms with E-state index in [4.69, 9.17) is 9.47 Å². The van der Waals surface area contributed by atoms with Crippen molar-refractivity contribution < 1.29 is 27.1 Å². The van der Waals surface area contributed by atoms with Gasteiger partial charge >= 0.3 is 0 Å². The van der Waals surface area contributed by atoms with Crippen LogP contribution >= 0.6 is 0 Å². The molecule has 9 heteroatoms. The van der Waals surface area contributed by atoms with Crippen molar-refractivity contribution in [2.45, 2.75) is 38.2 Å². The van der Waals surface area contributed by atoms with E-state index in [1.807, 2.05) is 19.9 Å². The predicted octanol–water partition coefficient (Wildman–Crippen LogP) is 4.91. The van der Waals surface area contributed by atoms with E-state index >= 15 is 0 Å². The molecular weight excluding hydrogens is 459 g/mol. The van der Waals surface area contributed by atoms with Crippen LogP contribution in [-0.2, 0) is 16.4 Å². The third-order valence-electron chi connectivity index (χ3n) is 5.38. The molecule has 1 atom stereocenters. The molecule has 0 saturated heterocycles. The van der Waals surface area contributed by atoms with Gasteiger partial charge in [-0.3, -0.25) is 9.52 Å². The number of carbonyl (C=O) groups is 1. The highest BCUT2D eigenvalue weighted by Gasteiger charge is 2.23. The third-order valence-corrected chi connectivity index (χ3v) is 6.76. The van der Waals surface area contributed by atoms with Crippen molar-refractivity contribution in [2.75, 3.05) is 16.6 Å². The van der Waals surface area contributed by atoms with E-state index in [9.17, 15) is 17.6 Å². The predicted molar refractivity (Wildman–Crippen MR) is 128 cm³/mol. The van der Waals surface area contributed by atoms with Gasteiger partial charge in [-0.1, -0.05) is 12.1 Å². The average Bonchev–Trinajstić information content (AvgIpc) is 3.14. The Morgan fingerprint density at radius 1 is 1.18 bits per heavy atom. The Hall–Kier alpha value is -3.59. The van der Waals surface area contributed by atoms with Gasteiger partial charge in [0.15, 0.2) is 0 Å². The molecule has 1 unspecified atom stereocenters. The fraction of sp³-hybridized carbons (Fsp3) is 0.240. The molecule has 3 aromatic rings. The molecule has 4 rings (SSSR count). The topological polar surface area (TPSA) is 93.7 Å². The summed E-state index contributed by atoms with van der Waals surface area (Å²) in [6.45, 7) is 5.80. The molecule has 0 saturated carbocycles. The SMILES string of the molecule is CCOc1cc2c(cc1NC(=O)c1cccc(NS(=O)(=O)c3ccc(C)c(F)c3)c1)OC(C)C2. The van der Waals surface area contributed by atoms with Crippen LogP contribution in [0.1, 0.15) is 35.3 Å². The molecule has 0 bridgehead atoms. The second-order valence-electron chi connectivity index (χ2n) is 8.07. The first kappa shape index (κ1) is 23.6. The molecule has 34 heavy (non-hydrogen) atoms. The summed E-state index contributed by atoms with van der Waals surface area (Å²) in [6.07, 6.45) is 0.804. The number of hydrogen-bond acceptors (Lipinski definition) is 5. The zero-order valence-electron chi connectivity index (χ0n) is 19.0. The Bertz CT molecular complexity index is 1360. The first-order chi connectivity index (χ1) is 16.2. The Morgan fingerprint density at radius 2 is 1.97 bits per heavy atom. The number of anilines is 2. The lowest BCUT2D eigenvalue weighted by atomic mass is 10.1. The van der Waals surface area contributed by atoms with Gasteiger partial charge < -0.3 is 14.8 Å². The van der Waals surface area contributed by atoms with Gasteiger partial charge in [0.2, 0.25) is 0 Å². The zero-order valence-corrected chi connectivity index (χ0v) is 19.8. The quantitative estimate of drug-likeness (QED) is 0.497. The van der Waals surface area contributed by atoms with Gasteiger partial charge in [0.25, 0.3) is 15.9 Å². The normalized spacial score (nSPS) is 14.8. The summed E-state index contributed by atoms with van der Waals surface area (Å²) < 4.78 is 53.1. The van der Waals surface area contributed by atoms with Gasteiger partial charge in [-0.15, -0.1) is 0 Å². The molecular formula is C25H25FN2O5S. The average molecular weight is 485 g/mol. The number of ether oxygens (including phenoxy) is 2. The van der Waals surface area contributed by atoms with Gasteiger partial charge in [0.05, 0.1) is 17.2 Å². The van der Waals surface area contributed by atoms with Gasteiger partial charge in [-0.05, 0) is 62.7 Å². The summed E-state index contributed by atoms with van der Waals surface area (Å²) in [6, 6.07) is 13.3. The zero-order chi connectivity index (χ0) is 24.5. The van der Waals surface area contributed by atoms with Crippen LogP contribution in [0.4, 0.5) is 15.8 Å². The number of hydrogen-bond donors (Lipinski definition) is 2. The van der Waals surface area contributed by atoms with Gasteiger partial charge in [0.1, 0.15) is 23.4 Å². The summed E-state index contributed by atoms with van der Waals surface area (Å²) >= 11 is 0. The minimum atomic E-state index is -4.04. The van der Waals surface area contributed by atoms with Crippen LogP contribution in [0, 0.1) is 12.7 Å². The van der Waals surface area contributed by atoms with Crippen molar-refractivity contribution in [1.29, 1.82) is 0 Å². The largest absolute Gasteiger partial charge is 0.492 e. The van der Waals surface area contributed by atoms with E-state index in [-0.39, 0.29) is 22.3 Å². The highest BCUT2D eigenvalue weighted by Crippen LogP contribution is 2.38. The number of benzene rings is 3. The van der Waals surface area contributed by atoms with Crippen molar-refractivity contribution in [1.82, 2.24) is 0 Å². The Kier molecular flexibility index (Phi) is 6.47. The molecule has 1 aliphatic heterocycles. The molecule has 0 fully saturated rings. The van der Waals surface area contributed by atoms with E-state index in [0.717, 1.165) is 18.1 Å². The molecule has 3 aromatic carbocycles. The van der Waals surface area contributed by atoms with E-state index in [1.54, 1.807) is 25.1 Å². The van der Waals surface area contributed by atoms with Crippen LogP contribution in [0.2, 0.25) is 0 Å². The van der Waals surface area contributed by atoms with Crippen LogP contribution in [0.15, 0.2) is 59.5 Å². The molecule has 0 radical (unpaired) electrons. The summed E-state index contributed by atoms with van der Waals surface area (Å²) in [5.74, 6) is 0.159. The van der Waals surface area contributed by atoms with Crippen molar-refractivity contribution in [3.8, 4) is 11.5 Å². The number of amides is 1. The fourth-order valence-electron chi connectivity index (χ4n) is 3.69. The lowest BCUT2D eigenvalue weighted by Crippen LogP contribution is -2.16.